The fourth-order valence-electron chi connectivity index (χ4n) is 1.80. The molecule has 1 aliphatic carbocycles. The highest BCUT2D eigenvalue weighted by molar-refractivity contribution is 6.18. The van der Waals surface area contributed by atoms with Crippen LogP contribution in [0.15, 0.2) is 12.1 Å². The minimum atomic E-state index is -0.516. The minimum absolute atomic E-state index is 0.0360. The number of nitrogens with one attached hydrogen (secondary N) is 1. The van der Waals surface area contributed by atoms with Crippen molar-refractivity contribution in [2.75, 3.05) is 12.4 Å². The summed E-state index contributed by atoms with van der Waals surface area (Å²) in [4.78, 5) is 22.0. The Hall–Kier alpha value is -1.56. The smallest absolute Gasteiger partial charge is 0.323 e. The van der Waals surface area contributed by atoms with Crippen LogP contribution in [-0.4, -0.2) is 27.8 Å². The van der Waals surface area contributed by atoms with Gasteiger partial charge in [-0.1, -0.05) is 0 Å². The second-order valence-electron chi connectivity index (χ2n) is 4.71. The first-order valence-electron chi connectivity index (χ1n) is 5.63. The number of halogens is 1. The Morgan fingerprint density at radius 3 is 2.72 bits per heavy atom. The van der Waals surface area contributed by atoms with Gasteiger partial charge in [0.2, 0.25) is 0 Å². The molecule has 1 aliphatic rings. The van der Waals surface area contributed by atoms with E-state index in [0.29, 0.717) is 12.4 Å². The van der Waals surface area contributed by atoms with E-state index in [1.54, 1.807) is 0 Å². The lowest BCUT2D eigenvalue weighted by molar-refractivity contribution is -0.391. The van der Waals surface area contributed by atoms with Gasteiger partial charge in [-0.2, -0.15) is 0 Å². The number of hydrogen-bond donors (Lipinski definition) is 1. The first kappa shape index (κ1) is 12.9. The summed E-state index contributed by atoms with van der Waals surface area (Å²) >= 11 is 5.82. The van der Waals surface area contributed by atoms with E-state index in [2.05, 4.69) is 5.32 Å². The predicted molar refractivity (Wildman–Crippen MR) is 66.8 cm³/mol. The second-order valence-corrected chi connectivity index (χ2v) is 4.98. The summed E-state index contributed by atoms with van der Waals surface area (Å²) in [6, 6.07) is 2.77. The molecule has 0 aliphatic heterocycles. The van der Waals surface area contributed by atoms with Crippen molar-refractivity contribution in [1.29, 1.82) is 0 Å². The summed E-state index contributed by atoms with van der Waals surface area (Å²) in [5.41, 5.74) is 0.320. The molecule has 6 nitrogen and oxygen atoms in total. The number of nitro groups is 1. The summed E-state index contributed by atoms with van der Waals surface area (Å²) < 4.78 is 1.27. The Balaban J connectivity index is 2.03. The number of carbonyl (C=O) groups excluding carboxylic acids is 1. The molecule has 0 atom stereocenters. The van der Waals surface area contributed by atoms with E-state index in [-0.39, 0.29) is 22.8 Å². The van der Waals surface area contributed by atoms with Gasteiger partial charge >= 0.3 is 5.82 Å². The fraction of sp³-hybridized carbons (Fsp3) is 0.545. The number of hydrogen-bond acceptors (Lipinski definition) is 3. The maximum atomic E-state index is 11.9. The van der Waals surface area contributed by atoms with Crippen LogP contribution in [0.5, 0.6) is 0 Å². The molecule has 2 rings (SSSR count). The lowest BCUT2D eigenvalue weighted by atomic mass is 10.1. The molecule has 7 heteroatoms. The van der Waals surface area contributed by atoms with Gasteiger partial charge in [0, 0.05) is 23.9 Å². The quantitative estimate of drug-likeness (QED) is 0.503. The first-order chi connectivity index (χ1) is 8.49. The van der Waals surface area contributed by atoms with E-state index >= 15 is 0 Å². The maximum absolute atomic E-state index is 11.9. The van der Waals surface area contributed by atoms with Crippen LogP contribution in [0.4, 0.5) is 5.82 Å². The molecule has 1 aromatic heterocycles. The van der Waals surface area contributed by atoms with Gasteiger partial charge in [0.25, 0.3) is 5.91 Å². The maximum Gasteiger partial charge on any atom is 0.323 e. The molecule has 98 valence electrons. The van der Waals surface area contributed by atoms with Gasteiger partial charge in [0.05, 0.1) is 7.05 Å². The Kier molecular flexibility index (Phi) is 3.30. The van der Waals surface area contributed by atoms with Crippen LogP contribution in [0.1, 0.15) is 23.3 Å². The fourth-order valence-corrected chi connectivity index (χ4v) is 2.17. The highest BCUT2D eigenvalue weighted by Crippen LogP contribution is 2.45. The van der Waals surface area contributed by atoms with Crippen LogP contribution >= 0.6 is 11.6 Å². The summed E-state index contributed by atoms with van der Waals surface area (Å²) in [6.07, 6.45) is 2.04. The second kappa shape index (κ2) is 4.61. The average Bonchev–Trinajstić information content (AvgIpc) is 3.02. The van der Waals surface area contributed by atoms with Gasteiger partial charge in [-0.25, -0.2) is 4.57 Å². The van der Waals surface area contributed by atoms with Crippen molar-refractivity contribution >= 4 is 23.3 Å². The summed E-state index contributed by atoms with van der Waals surface area (Å²) in [5.74, 6) is 0.126. The van der Waals surface area contributed by atoms with E-state index in [4.69, 9.17) is 11.6 Å². The molecule has 0 bridgehead atoms. The third-order valence-corrected chi connectivity index (χ3v) is 3.95. The molecule has 1 aromatic rings. The zero-order chi connectivity index (χ0) is 13.3. The lowest BCUT2D eigenvalue weighted by Crippen LogP contribution is -2.32. The third kappa shape index (κ3) is 2.33. The van der Waals surface area contributed by atoms with Crippen molar-refractivity contribution in [3.05, 3.63) is 27.9 Å². The number of carbonyl (C=O) groups is 1. The van der Waals surface area contributed by atoms with Crippen LogP contribution in [0.2, 0.25) is 0 Å². The molecule has 0 aromatic carbocycles. The van der Waals surface area contributed by atoms with Crippen LogP contribution in [0, 0.1) is 15.5 Å². The summed E-state index contributed by atoms with van der Waals surface area (Å²) in [5, 5.41) is 13.4. The van der Waals surface area contributed by atoms with Crippen LogP contribution in [0.25, 0.3) is 0 Å². The monoisotopic (exact) mass is 271 g/mol. The van der Waals surface area contributed by atoms with Crippen molar-refractivity contribution in [3.63, 3.8) is 0 Å². The first-order valence-corrected chi connectivity index (χ1v) is 6.17. The Labute approximate surface area is 109 Å². The lowest BCUT2D eigenvalue weighted by Gasteiger charge is -2.11. The average molecular weight is 272 g/mol. The van der Waals surface area contributed by atoms with E-state index in [9.17, 15) is 14.9 Å². The van der Waals surface area contributed by atoms with E-state index in [1.807, 2.05) is 0 Å². The number of amides is 1. The van der Waals surface area contributed by atoms with Crippen molar-refractivity contribution in [1.82, 2.24) is 9.88 Å². The van der Waals surface area contributed by atoms with E-state index < -0.39 is 4.92 Å². The molecule has 0 unspecified atom stereocenters. The van der Waals surface area contributed by atoms with Gasteiger partial charge < -0.3 is 15.4 Å². The summed E-state index contributed by atoms with van der Waals surface area (Å²) in [6.45, 7) is 0.522. The normalized spacial score (nSPS) is 16.3. The van der Waals surface area contributed by atoms with Gasteiger partial charge in [0.15, 0.2) is 5.69 Å². The number of nitrogens with zero attached hydrogens (tertiary/aromatic N) is 2. The van der Waals surface area contributed by atoms with Crippen LogP contribution in [0.3, 0.4) is 0 Å². The zero-order valence-electron chi connectivity index (χ0n) is 9.98. The highest BCUT2D eigenvalue weighted by atomic mass is 35.5. The third-order valence-electron chi connectivity index (χ3n) is 3.38. The molecule has 0 spiro atoms. The topological polar surface area (TPSA) is 77.2 Å². The SMILES string of the molecule is Cn1c(C(=O)NCC2(CCl)CC2)ccc1[N+](=O)[O-]. The molecule has 1 amide bonds. The van der Waals surface area contributed by atoms with Crippen molar-refractivity contribution in [3.8, 4) is 0 Å². The number of rotatable bonds is 5. The Morgan fingerprint density at radius 1 is 1.61 bits per heavy atom. The zero-order valence-corrected chi connectivity index (χ0v) is 10.7. The van der Waals surface area contributed by atoms with Gasteiger partial charge in [0.1, 0.15) is 0 Å². The van der Waals surface area contributed by atoms with Crippen molar-refractivity contribution in [2.24, 2.45) is 12.5 Å². The van der Waals surface area contributed by atoms with E-state index in [1.165, 1.54) is 23.7 Å². The Morgan fingerprint density at radius 2 is 2.28 bits per heavy atom. The predicted octanol–water partition coefficient (Wildman–Crippen LogP) is 1.68. The number of aromatic nitrogens is 1. The molecular weight excluding hydrogens is 258 g/mol. The van der Waals surface area contributed by atoms with Crippen molar-refractivity contribution in [2.45, 2.75) is 12.8 Å². The summed E-state index contributed by atoms with van der Waals surface area (Å²) in [7, 11) is 1.50. The van der Waals surface area contributed by atoms with Crippen LogP contribution < -0.4 is 5.32 Å². The van der Waals surface area contributed by atoms with Gasteiger partial charge in [-0.05, 0) is 23.8 Å². The largest absolute Gasteiger partial charge is 0.358 e. The molecule has 18 heavy (non-hydrogen) atoms. The minimum Gasteiger partial charge on any atom is -0.358 e. The standard InChI is InChI=1S/C11H14ClN3O3/c1-14-8(2-3-9(14)15(17)18)10(16)13-7-11(6-12)4-5-11/h2-3H,4-7H2,1H3,(H,13,16). The van der Waals surface area contributed by atoms with Crippen LogP contribution in [-0.2, 0) is 7.05 Å². The molecule has 0 saturated heterocycles. The molecule has 1 fully saturated rings. The molecule has 1 heterocycles. The highest BCUT2D eigenvalue weighted by Gasteiger charge is 2.42. The van der Waals surface area contributed by atoms with Crippen molar-refractivity contribution < 1.29 is 9.72 Å². The molecule has 1 N–H and O–H groups in total. The molecule has 1 saturated carbocycles. The number of alkyl halides is 1. The van der Waals surface area contributed by atoms with Gasteiger partial charge in [-0.15, -0.1) is 11.6 Å². The molecular formula is C11H14ClN3O3. The van der Waals surface area contributed by atoms with E-state index in [0.717, 1.165) is 12.8 Å². The molecule has 0 radical (unpaired) electrons. The van der Waals surface area contributed by atoms with Gasteiger partial charge in [-0.3, -0.25) is 4.79 Å². The Bertz CT molecular complexity index is 494.